The third-order valence-electron chi connectivity index (χ3n) is 4.95. The predicted octanol–water partition coefficient (Wildman–Crippen LogP) is -1.51. The zero-order chi connectivity index (χ0) is 21.2. The molecule has 0 spiro atoms. The highest BCUT2D eigenvalue weighted by Crippen LogP contribution is 2.32. The average Bonchev–Trinajstić information content (AvgIpc) is 3.32. The molecule has 0 aromatic heterocycles. The number of carbonyl (C=O) groups excluding carboxylic acids is 5. The average molecular weight is 398 g/mol. The standard InChI is InChI=1S/C10H18N4O2.C4H6N4O2.CH2O/c1-5-13-8-7(11(3)9(13)15)12(4)10(16)14(8)6-2;9-3-5-1-2(7-3)8-4(10)6-1;1-2/h7-8H,5-6H2,1-4H3;1-2H,(H2,5,7,9)(H2,6,8,10);1H2. The summed E-state index contributed by atoms with van der Waals surface area (Å²) >= 11 is 0. The number of likely N-dealkylation sites (N-methyl/N-ethyl adjacent to an activating group) is 4. The van der Waals surface area contributed by atoms with Gasteiger partial charge in [-0.15, -0.1) is 0 Å². The Hall–Kier alpha value is -3.25. The molecule has 4 saturated heterocycles. The minimum atomic E-state index is -0.292. The number of nitrogens with one attached hydrogen (secondary N) is 4. The minimum Gasteiger partial charge on any atom is -0.314 e. The van der Waals surface area contributed by atoms with Crippen LogP contribution in [0.25, 0.3) is 0 Å². The predicted molar refractivity (Wildman–Crippen MR) is 96.7 cm³/mol. The molecule has 4 heterocycles. The molecule has 13 nitrogen and oxygen atoms in total. The van der Waals surface area contributed by atoms with Crippen LogP contribution in [0.15, 0.2) is 0 Å². The smallest absolute Gasteiger partial charge is 0.314 e. The van der Waals surface area contributed by atoms with Crippen LogP contribution in [0.3, 0.4) is 0 Å². The number of urea groups is 4. The summed E-state index contributed by atoms with van der Waals surface area (Å²) in [6.45, 7) is 7.12. The molecule has 4 rings (SSSR count). The van der Waals surface area contributed by atoms with Gasteiger partial charge in [-0.3, -0.25) is 0 Å². The van der Waals surface area contributed by atoms with Gasteiger partial charge in [0, 0.05) is 27.2 Å². The quantitative estimate of drug-likeness (QED) is 0.447. The molecular formula is C15H26N8O5. The second-order valence-corrected chi connectivity index (χ2v) is 6.38. The Balaban J connectivity index is 0.000000200. The van der Waals surface area contributed by atoms with E-state index in [0.717, 1.165) is 0 Å². The van der Waals surface area contributed by atoms with E-state index in [1.807, 2.05) is 20.6 Å². The molecule has 0 aromatic carbocycles. The first-order chi connectivity index (χ1) is 13.3. The molecule has 156 valence electrons. The summed E-state index contributed by atoms with van der Waals surface area (Å²) < 4.78 is 0. The molecule has 13 heteroatoms. The fourth-order valence-electron chi connectivity index (χ4n) is 3.71. The number of amides is 8. The number of nitrogens with zero attached hydrogens (tertiary/aromatic N) is 4. The van der Waals surface area contributed by atoms with E-state index in [9.17, 15) is 19.2 Å². The van der Waals surface area contributed by atoms with Crippen LogP contribution in [0, 0.1) is 0 Å². The van der Waals surface area contributed by atoms with Gasteiger partial charge in [0.25, 0.3) is 0 Å². The van der Waals surface area contributed by atoms with E-state index in [0.29, 0.717) is 13.1 Å². The fraction of sp³-hybridized carbons (Fsp3) is 0.667. The zero-order valence-corrected chi connectivity index (χ0v) is 16.3. The number of hydrogen-bond acceptors (Lipinski definition) is 5. The monoisotopic (exact) mass is 398 g/mol. The summed E-state index contributed by atoms with van der Waals surface area (Å²) in [5.74, 6) is 0. The van der Waals surface area contributed by atoms with Gasteiger partial charge in [0.2, 0.25) is 0 Å². The number of hydrogen-bond donors (Lipinski definition) is 4. The Kier molecular flexibility index (Phi) is 6.16. The van der Waals surface area contributed by atoms with Crippen LogP contribution in [0.5, 0.6) is 0 Å². The molecule has 0 unspecified atom stereocenters. The van der Waals surface area contributed by atoms with Crippen LogP contribution in [-0.2, 0) is 4.79 Å². The highest BCUT2D eigenvalue weighted by atomic mass is 16.2. The molecule has 0 aliphatic carbocycles. The van der Waals surface area contributed by atoms with E-state index < -0.39 is 0 Å². The van der Waals surface area contributed by atoms with Crippen LogP contribution >= 0.6 is 0 Å². The maximum atomic E-state index is 12.0. The van der Waals surface area contributed by atoms with Crippen LogP contribution in [-0.4, -0.2) is 102 Å². The molecule has 0 atom stereocenters. The third kappa shape index (κ3) is 3.34. The second-order valence-electron chi connectivity index (χ2n) is 6.38. The van der Waals surface area contributed by atoms with Crippen molar-refractivity contribution in [3.8, 4) is 0 Å². The van der Waals surface area contributed by atoms with Gasteiger partial charge in [-0.05, 0) is 13.8 Å². The highest BCUT2D eigenvalue weighted by molar-refractivity contribution is 5.85. The molecule has 4 aliphatic rings. The van der Waals surface area contributed by atoms with Crippen molar-refractivity contribution in [1.29, 1.82) is 0 Å². The first-order valence-corrected chi connectivity index (χ1v) is 8.79. The summed E-state index contributed by atoms with van der Waals surface area (Å²) in [5, 5.41) is 10.0. The highest BCUT2D eigenvalue weighted by Gasteiger charge is 2.55. The Morgan fingerprint density at radius 3 is 1.32 bits per heavy atom. The van der Waals surface area contributed by atoms with Crippen molar-refractivity contribution in [1.82, 2.24) is 40.9 Å². The van der Waals surface area contributed by atoms with Crippen molar-refractivity contribution < 1.29 is 24.0 Å². The van der Waals surface area contributed by atoms with Gasteiger partial charge < -0.3 is 45.7 Å². The first-order valence-electron chi connectivity index (χ1n) is 8.79. The summed E-state index contributed by atoms with van der Waals surface area (Å²) in [5.41, 5.74) is 0. The normalized spacial score (nSPS) is 29.7. The van der Waals surface area contributed by atoms with E-state index in [-0.39, 0.29) is 48.8 Å². The van der Waals surface area contributed by atoms with Gasteiger partial charge >= 0.3 is 24.1 Å². The Morgan fingerprint density at radius 1 is 0.714 bits per heavy atom. The number of rotatable bonds is 2. The molecule has 0 radical (unpaired) electrons. The largest absolute Gasteiger partial charge is 0.323 e. The van der Waals surface area contributed by atoms with Crippen LogP contribution < -0.4 is 21.3 Å². The molecule has 28 heavy (non-hydrogen) atoms. The van der Waals surface area contributed by atoms with Crippen molar-refractivity contribution in [2.24, 2.45) is 0 Å². The van der Waals surface area contributed by atoms with Crippen molar-refractivity contribution in [2.45, 2.75) is 38.5 Å². The Bertz CT molecular complexity index is 592. The molecule has 4 aliphatic heterocycles. The molecule has 0 bridgehead atoms. The maximum Gasteiger partial charge on any atom is 0.323 e. The molecule has 8 amide bonds. The van der Waals surface area contributed by atoms with Gasteiger partial charge in [0.15, 0.2) is 0 Å². The lowest BCUT2D eigenvalue weighted by Crippen LogP contribution is -2.46. The van der Waals surface area contributed by atoms with E-state index >= 15 is 0 Å². The summed E-state index contributed by atoms with van der Waals surface area (Å²) in [6.07, 6.45) is -0.870. The molecular weight excluding hydrogens is 372 g/mol. The third-order valence-corrected chi connectivity index (χ3v) is 4.95. The van der Waals surface area contributed by atoms with E-state index in [1.165, 1.54) is 0 Å². The van der Waals surface area contributed by atoms with Crippen molar-refractivity contribution in [3.05, 3.63) is 0 Å². The Labute approximate surface area is 162 Å². The number of fused-ring (bicyclic) bond motifs is 2. The Morgan fingerprint density at radius 2 is 1.04 bits per heavy atom. The lowest BCUT2D eigenvalue weighted by Gasteiger charge is -2.27. The first kappa shape index (κ1) is 21.1. The summed E-state index contributed by atoms with van der Waals surface area (Å²) in [7, 11) is 3.50. The number of carbonyl (C=O) groups is 5. The second kappa shape index (κ2) is 8.19. The van der Waals surface area contributed by atoms with Crippen LogP contribution in [0.4, 0.5) is 19.2 Å². The van der Waals surface area contributed by atoms with E-state index in [2.05, 4.69) is 21.3 Å². The van der Waals surface area contributed by atoms with Gasteiger partial charge in [-0.25, -0.2) is 19.2 Å². The van der Waals surface area contributed by atoms with Gasteiger partial charge in [-0.1, -0.05) is 0 Å². The molecule has 4 N–H and O–H groups in total. The SMILES string of the molecule is C=O.CCN1C(=O)N(C)C2C1N(CC)C(=O)N2C.O=C1NC2NC(=O)NC2N1. The summed E-state index contributed by atoms with van der Waals surface area (Å²) in [4.78, 5) is 59.8. The molecule has 4 fully saturated rings. The summed E-state index contributed by atoms with van der Waals surface area (Å²) in [6, 6.07) is -0.532. The topological polar surface area (TPSA) is 146 Å². The van der Waals surface area contributed by atoms with E-state index in [4.69, 9.17) is 4.79 Å². The maximum absolute atomic E-state index is 12.0. The van der Waals surface area contributed by atoms with Gasteiger partial charge in [-0.2, -0.15) is 0 Å². The minimum absolute atomic E-state index is 0.00435. The fourth-order valence-corrected chi connectivity index (χ4v) is 3.71. The molecule has 0 saturated carbocycles. The van der Waals surface area contributed by atoms with Gasteiger partial charge in [0.1, 0.15) is 31.5 Å². The zero-order valence-electron chi connectivity index (χ0n) is 16.3. The van der Waals surface area contributed by atoms with E-state index in [1.54, 1.807) is 33.7 Å². The van der Waals surface area contributed by atoms with Crippen molar-refractivity contribution in [3.63, 3.8) is 0 Å². The van der Waals surface area contributed by atoms with Crippen LogP contribution in [0.1, 0.15) is 13.8 Å². The van der Waals surface area contributed by atoms with Crippen LogP contribution in [0.2, 0.25) is 0 Å². The van der Waals surface area contributed by atoms with Crippen molar-refractivity contribution >= 4 is 30.9 Å². The lowest BCUT2D eigenvalue weighted by atomic mass is 10.3. The lowest BCUT2D eigenvalue weighted by molar-refractivity contribution is -0.0980. The van der Waals surface area contributed by atoms with Gasteiger partial charge in [0.05, 0.1) is 0 Å². The molecule has 0 aromatic rings. The van der Waals surface area contributed by atoms with Crippen molar-refractivity contribution in [2.75, 3.05) is 27.2 Å².